The summed E-state index contributed by atoms with van der Waals surface area (Å²) in [7, 11) is 0. The van der Waals surface area contributed by atoms with Crippen LogP contribution in [0, 0.1) is 0 Å². The first-order valence-corrected chi connectivity index (χ1v) is 4.98. The van der Waals surface area contributed by atoms with Crippen LogP contribution >= 0.6 is 0 Å². The lowest BCUT2D eigenvalue weighted by Crippen LogP contribution is -1.84. The summed E-state index contributed by atoms with van der Waals surface area (Å²) in [6, 6.07) is 9.93. The van der Waals surface area contributed by atoms with Gasteiger partial charge in [0.2, 0.25) is 0 Å². The summed E-state index contributed by atoms with van der Waals surface area (Å²) in [5.74, 6) is 0.443. The van der Waals surface area contributed by atoms with Gasteiger partial charge in [0.05, 0.1) is 11.0 Å². The third-order valence-corrected chi connectivity index (χ3v) is 2.50. The SMILES string of the molecule is Nc1nc2ccc(-c3cccnc3)cc2[nH]1. The molecule has 0 radical (unpaired) electrons. The molecule has 16 heavy (non-hydrogen) atoms. The molecule has 0 aliphatic rings. The molecule has 0 fully saturated rings. The number of hydrogen-bond donors (Lipinski definition) is 2. The van der Waals surface area contributed by atoms with E-state index in [4.69, 9.17) is 5.73 Å². The van der Waals surface area contributed by atoms with Crippen molar-refractivity contribution in [3.05, 3.63) is 42.7 Å². The summed E-state index contributed by atoms with van der Waals surface area (Å²) in [5, 5.41) is 0. The third-order valence-electron chi connectivity index (χ3n) is 2.50. The lowest BCUT2D eigenvalue weighted by Gasteiger charge is -1.99. The Balaban J connectivity index is 2.18. The van der Waals surface area contributed by atoms with E-state index < -0.39 is 0 Å². The Morgan fingerprint density at radius 3 is 2.88 bits per heavy atom. The number of fused-ring (bicyclic) bond motifs is 1. The van der Waals surface area contributed by atoms with Crippen LogP contribution < -0.4 is 5.73 Å². The summed E-state index contributed by atoms with van der Waals surface area (Å²) in [5.41, 5.74) is 9.61. The molecule has 0 spiro atoms. The lowest BCUT2D eigenvalue weighted by molar-refractivity contribution is 1.33. The molecule has 3 aromatic rings. The fourth-order valence-corrected chi connectivity index (χ4v) is 1.74. The van der Waals surface area contributed by atoms with Gasteiger partial charge in [0.1, 0.15) is 0 Å². The second-order valence-corrected chi connectivity index (χ2v) is 3.60. The van der Waals surface area contributed by atoms with Gasteiger partial charge < -0.3 is 10.7 Å². The molecular formula is C12H10N4. The molecule has 0 saturated carbocycles. The van der Waals surface area contributed by atoms with Crippen molar-refractivity contribution in [1.82, 2.24) is 15.0 Å². The van der Waals surface area contributed by atoms with E-state index in [9.17, 15) is 0 Å². The van der Waals surface area contributed by atoms with Crippen molar-refractivity contribution in [3.63, 3.8) is 0 Å². The van der Waals surface area contributed by atoms with Gasteiger partial charge in [0, 0.05) is 18.0 Å². The summed E-state index contributed by atoms with van der Waals surface area (Å²) in [4.78, 5) is 11.3. The molecule has 0 atom stereocenters. The Labute approximate surface area is 92.2 Å². The molecular weight excluding hydrogens is 200 g/mol. The monoisotopic (exact) mass is 210 g/mol. The second kappa shape index (κ2) is 3.34. The normalized spacial score (nSPS) is 10.8. The molecule has 2 heterocycles. The van der Waals surface area contributed by atoms with E-state index >= 15 is 0 Å². The minimum absolute atomic E-state index is 0.443. The molecule has 78 valence electrons. The number of nitrogens with two attached hydrogens (primary N) is 1. The van der Waals surface area contributed by atoms with Crippen LogP contribution in [0.15, 0.2) is 42.7 Å². The molecule has 4 heteroatoms. The van der Waals surface area contributed by atoms with Gasteiger partial charge in [0.15, 0.2) is 5.95 Å². The number of hydrogen-bond acceptors (Lipinski definition) is 3. The molecule has 2 aromatic heterocycles. The first kappa shape index (κ1) is 8.91. The number of pyridine rings is 1. The first-order valence-electron chi connectivity index (χ1n) is 4.98. The van der Waals surface area contributed by atoms with E-state index in [0.717, 1.165) is 22.2 Å². The molecule has 0 aliphatic heterocycles. The highest BCUT2D eigenvalue weighted by atomic mass is 15.0. The maximum absolute atomic E-state index is 5.60. The fourth-order valence-electron chi connectivity index (χ4n) is 1.74. The highest BCUT2D eigenvalue weighted by molar-refractivity contribution is 5.83. The van der Waals surface area contributed by atoms with Crippen LogP contribution in [0.3, 0.4) is 0 Å². The molecule has 1 aromatic carbocycles. The Kier molecular flexibility index (Phi) is 1.86. The van der Waals surface area contributed by atoms with Crippen molar-refractivity contribution in [2.75, 3.05) is 5.73 Å². The molecule has 0 bridgehead atoms. The summed E-state index contributed by atoms with van der Waals surface area (Å²) >= 11 is 0. The zero-order valence-electron chi connectivity index (χ0n) is 8.51. The number of aromatic nitrogens is 3. The van der Waals surface area contributed by atoms with E-state index in [0.29, 0.717) is 5.95 Å². The summed E-state index contributed by atoms with van der Waals surface area (Å²) < 4.78 is 0. The summed E-state index contributed by atoms with van der Waals surface area (Å²) in [6.45, 7) is 0. The van der Waals surface area contributed by atoms with E-state index in [1.165, 1.54) is 0 Å². The maximum Gasteiger partial charge on any atom is 0.198 e. The average Bonchev–Trinajstić information content (AvgIpc) is 2.69. The average molecular weight is 210 g/mol. The van der Waals surface area contributed by atoms with Crippen LogP contribution in [0.5, 0.6) is 0 Å². The largest absolute Gasteiger partial charge is 0.369 e. The number of rotatable bonds is 1. The number of anilines is 1. The number of imidazole rings is 1. The molecule has 3 rings (SSSR count). The lowest BCUT2D eigenvalue weighted by atomic mass is 10.1. The second-order valence-electron chi connectivity index (χ2n) is 3.60. The van der Waals surface area contributed by atoms with Gasteiger partial charge >= 0.3 is 0 Å². The molecule has 3 N–H and O–H groups in total. The van der Waals surface area contributed by atoms with Gasteiger partial charge in [-0.15, -0.1) is 0 Å². The number of aromatic amines is 1. The summed E-state index contributed by atoms with van der Waals surface area (Å²) in [6.07, 6.45) is 3.59. The van der Waals surface area contributed by atoms with Gasteiger partial charge in [-0.05, 0) is 23.8 Å². The number of benzene rings is 1. The number of nitrogen functional groups attached to an aromatic ring is 1. The van der Waals surface area contributed by atoms with Gasteiger partial charge in [-0.1, -0.05) is 12.1 Å². The fraction of sp³-hybridized carbons (Fsp3) is 0. The first-order chi connectivity index (χ1) is 7.83. The van der Waals surface area contributed by atoms with Gasteiger partial charge in [-0.3, -0.25) is 4.98 Å². The smallest absolute Gasteiger partial charge is 0.198 e. The van der Waals surface area contributed by atoms with Crippen LogP contribution in [0.2, 0.25) is 0 Å². The zero-order valence-corrected chi connectivity index (χ0v) is 8.51. The Morgan fingerprint density at radius 2 is 2.06 bits per heavy atom. The van der Waals surface area contributed by atoms with Gasteiger partial charge in [0.25, 0.3) is 0 Å². The highest BCUT2D eigenvalue weighted by Gasteiger charge is 2.02. The number of nitrogens with one attached hydrogen (secondary N) is 1. The van der Waals surface area contributed by atoms with Gasteiger partial charge in [-0.2, -0.15) is 0 Å². The standard InChI is InChI=1S/C12H10N4/c13-12-15-10-4-3-8(6-11(10)16-12)9-2-1-5-14-7-9/h1-7H,(H3,13,15,16). The van der Waals surface area contributed by atoms with E-state index in [1.54, 1.807) is 6.20 Å². The van der Waals surface area contributed by atoms with Crippen molar-refractivity contribution in [2.24, 2.45) is 0 Å². The molecule has 0 aliphatic carbocycles. The topological polar surface area (TPSA) is 67.6 Å². The van der Waals surface area contributed by atoms with Gasteiger partial charge in [-0.25, -0.2) is 4.98 Å². The van der Waals surface area contributed by atoms with Crippen molar-refractivity contribution >= 4 is 17.0 Å². The van der Waals surface area contributed by atoms with Crippen molar-refractivity contribution < 1.29 is 0 Å². The van der Waals surface area contributed by atoms with Crippen molar-refractivity contribution in [2.45, 2.75) is 0 Å². The van der Waals surface area contributed by atoms with Crippen LogP contribution in [-0.4, -0.2) is 15.0 Å². The van der Waals surface area contributed by atoms with Crippen LogP contribution in [0.4, 0.5) is 5.95 Å². The Morgan fingerprint density at radius 1 is 1.12 bits per heavy atom. The quantitative estimate of drug-likeness (QED) is 0.647. The maximum atomic E-state index is 5.60. The molecule has 4 nitrogen and oxygen atoms in total. The number of H-pyrrole nitrogens is 1. The predicted molar refractivity (Wildman–Crippen MR) is 63.7 cm³/mol. The Hall–Kier alpha value is -2.36. The molecule has 0 saturated heterocycles. The Bertz CT molecular complexity index is 628. The number of nitrogens with zero attached hydrogens (tertiary/aromatic N) is 2. The van der Waals surface area contributed by atoms with Crippen LogP contribution in [-0.2, 0) is 0 Å². The van der Waals surface area contributed by atoms with E-state index in [2.05, 4.69) is 15.0 Å². The zero-order chi connectivity index (χ0) is 11.0. The molecule has 0 unspecified atom stereocenters. The minimum Gasteiger partial charge on any atom is -0.369 e. The van der Waals surface area contributed by atoms with Crippen LogP contribution in [0.1, 0.15) is 0 Å². The highest BCUT2D eigenvalue weighted by Crippen LogP contribution is 2.22. The van der Waals surface area contributed by atoms with E-state index in [-0.39, 0.29) is 0 Å². The third kappa shape index (κ3) is 1.40. The predicted octanol–water partition coefficient (Wildman–Crippen LogP) is 2.21. The minimum atomic E-state index is 0.443. The molecule has 0 amide bonds. The van der Waals surface area contributed by atoms with Crippen LogP contribution in [0.25, 0.3) is 22.2 Å². The van der Waals surface area contributed by atoms with E-state index in [1.807, 2.05) is 36.5 Å². The van der Waals surface area contributed by atoms with Crippen molar-refractivity contribution in [1.29, 1.82) is 0 Å². The van der Waals surface area contributed by atoms with Crippen molar-refractivity contribution in [3.8, 4) is 11.1 Å².